The lowest BCUT2D eigenvalue weighted by molar-refractivity contribution is -0.263. The van der Waals surface area contributed by atoms with Crippen molar-refractivity contribution in [1.82, 2.24) is 25.8 Å². The molecular weight excluding hydrogens is 1090 g/mol. The van der Waals surface area contributed by atoms with Crippen LogP contribution in [0, 0.1) is 29.6 Å². The Morgan fingerprint density at radius 3 is 2.12 bits per heavy atom. The predicted octanol–water partition coefficient (Wildman–Crippen LogP) is 5.47. The number of likely N-dealkylation sites (N-methyl/N-ethyl adjacent to an activating group) is 1. The minimum absolute atomic E-state index is 0. The molecule has 5 amide bonds. The topological polar surface area (TPSA) is 287 Å². The van der Waals surface area contributed by atoms with Crippen molar-refractivity contribution in [2.45, 2.75) is 199 Å². The van der Waals surface area contributed by atoms with E-state index in [0.29, 0.717) is 44.9 Å². The molecule has 2 aromatic rings. The summed E-state index contributed by atoms with van der Waals surface area (Å²) in [6, 6.07) is 14.7. The van der Waals surface area contributed by atoms with Crippen LogP contribution in [0.15, 0.2) is 60.7 Å². The molecule has 1 aliphatic carbocycles. The number of ketones is 3. The number of cyclic esters (lactones) is 1. The molecule has 3 heterocycles. The average molecular weight is 1190 g/mol. The van der Waals surface area contributed by atoms with Crippen molar-refractivity contribution in [2.24, 2.45) is 29.6 Å². The summed E-state index contributed by atoms with van der Waals surface area (Å²) >= 11 is 0. The summed E-state index contributed by atoms with van der Waals surface area (Å²) in [7, 11) is 2.71. The van der Waals surface area contributed by atoms with Gasteiger partial charge in [0, 0.05) is 57.7 Å². The van der Waals surface area contributed by atoms with E-state index in [1.807, 2.05) is 50.2 Å². The van der Waals surface area contributed by atoms with Gasteiger partial charge >= 0.3 is 17.9 Å². The standard InChI is InChI=1S/C63H87N5O16.CH4/c1-39-32-45(23-26-52(39)82-57(74)29-28-56(73)81-6)33-40(2)53-37-55(72)64-30-15-20-47(69)38-67(5)60(77)49(35-44-18-11-8-12-19-44)66-59(76)46(34-43-16-9-7-10-17-43)36-51(70)42(4)65-54(71)27-25-48-24-22-41(3)63(80,84-48)58(75)61(78)68-31-14-13-21-50(68)62(79)83-53;/h7-12,16-19,39-42,45-46,48-50,52-53,80H,13-15,20-38H2,1-6H3,(H,64,72)(H,65,71)(H,66,76);1H4/t39-,40-,41-,42+,45-,46-,48+,49+,50+,52-,53+,63-;/m1./s1. The van der Waals surface area contributed by atoms with E-state index in [4.69, 9.17) is 14.2 Å². The quantitative estimate of drug-likeness (QED) is 0.123. The van der Waals surface area contributed by atoms with E-state index >= 15 is 0 Å². The number of amides is 5. The number of nitrogens with zero attached hydrogens (tertiary/aromatic N) is 2. The number of carbonyl (C=O) groups is 11. The molecule has 468 valence electrons. The van der Waals surface area contributed by atoms with E-state index in [0.717, 1.165) is 16.0 Å². The number of hydrogen-bond donors (Lipinski definition) is 4. The predicted molar refractivity (Wildman–Crippen MR) is 312 cm³/mol. The maximum atomic E-state index is 14.5. The molecule has 6 rings (SSSR count). The second kappa shape index (κ2) is 33.1. The van der Waals surface area contributed by atoms with Crippen LogP contribution >= 0.6 is 0 Å². The molecule has 12 atom stereocenters. The van der Waals surface area contributed by atoms with Gasteiger partial charge in [-0.05, 0) is 113 Å². The van der Waals surface area contributed by atoms with Crippen molar-refractivity contribution in [2.75, 3.05) is 33.8 Å². The fourth-order valence-corrected chi connectivity index (χ4v) is 12.0. The van der Waals surface area contributed by atoms with Gasteiger partial charge in [-0.2, -0.15) is 0 Å². The minimum Gasteiger partial charge on any atom is -0.469 e. The molecule has 0 aromatic heterocycles. The fraction of sp³-hybridized carbons (Fsp3) is 0.641. The first-order chi connectivity index (χ1) is 40.0. The number of esters is 3. The largest absolute Gasteiger partial charge is 0.469 e. The van der Waals surface area contributed by atoms with Crippen molar-refractivity contribution >= 4 is 64.8 Å². The van der Waals surface area contributed by atoms with E-state index in [9.17, 15) is 57.8 Å². The summed E-state index contributed by atoms with van der Waals surface area (Å²) in [5, 5.41) is 20.4. The minimum atomic E-state index is -2.60. The maximum absolute atomic E-state index is 14.5. The SMILES string of the molecule is C.COC(=O)CCC(=O)O[C@@H]1CC[C@@H](C[C@@H](C)[C@@H]2CC(=O)NCCCC(=O)CN(C)C(=O)[C@H](Cc3ccccc3)NC(=O)[C@H](Cc3ccccc3)CC(=O)[C@H](C)NC(=O)CC[C@@H]3CC[C@@H](C)[C@@](O)(O3)C(=O)C(=O)N3CCCC[C@H]3C(=O)O2)C[C@H]1C. The highest BCUT2D eigenvalue weighted by Crippen LogP contribution is 2.38. The molecule has 3 aliphatic heterocycles. The number of fused-ring (bicyclic) bond motifs is 3. The zero-order valence-electron chi connectivity index (χ0n) is 49.6. The van der Waals surface area contributed by atoms with Gasteiger partial charge in [0.25, 0.3) is 11.7 Å². The Hall–Kier alpha value is -6.87. The number of nitrogens with one attached hydrogen (secondary N) is 3. The van der Waals surface area contributed by atoms with Crippen LogP contribution in [-0.2, 0) is 84.5 Å². The highest BCUT2D eigenvalue weighted by Gasteiger charge is 2.53. The summed E-state index contributed by atoms with van der Waals surface area (Å²) in [4.78, 5) is 153. The van der Waals surface area contributed by atoms with E-state index < -0.39 is 113 Å². The molecule has 4 aliphatic rings. The van der Waals surface area contributed by atoms with Crippen LogP contribution in [0.5, 0.6) is 0 Å². The number of hydrogen-bond acceptors (Lipinski definition) is 16. The van der Waals surface area contributed by atoms with Crippen molar-refractivity contribution < 1.29 is 76.8 Å². The van der Waals surface area contributed by atoms with Gasteiger partial charge < -0.3 is 49.8 Å². The van der Waals surface area contributed by atoms with Gasteiger partial charge in [0.1, 0.15) is 24.3 Å². The van der Waals surface area contributed by atoms with Crippen LogP contribution in [0.2, 0.25) is 0 Å². The lowest BCUT2D eigenvalue weighted by Crippen LogP contribution is -2.60. The Labute approximate surface area is 500 Å². The third-order valence-corrected chi connectivity index (χ3v) is 17.1. The number of benzene rings is 2. The number of rotatable bonds is 11. The van der Waals surface area contributed by atoms with Crippen molar-refractivity contribution in [3.8, 4) is 0 Å². The van der Waals surface area contributed by atoms with Crippen LogP contribution in [0.3, 0.4) is 0 Å². The Kier molecular flexibility index (Phi) is 26.9. The number of carbonyl (C=O) groups excluding carboxylic acids is 11. The first-order valence-corrected chi connectivity index (χ1v) is 30.0. The van der Waals surface area contributed by atoms with Gasteiger partial charge in [-0.15, -0.1) is 0 Å². The van der Waals surface area contributed by atoms with Gasteiger partial charge in [0.2, 0.25) is 29.4 Å². The van der Waals surface area contributed by atoms with Crippen molar-refractivity contribution in [1.29, 1.82) is 0 Å². The maximum Gasteiger partial charge on any atom is 0.329 e. The van der Waals surface area contributed by atoms with Gasteiger partial charge in [0.05, 0.1) is 45.1 Å². The molecule has 21 heteroatoms. The molecule has 21 nitrogen and oxygen atoms in total. The van der Waals surface area contributed by atoms with Gasteiger partial charge in [-0.1, -0.05) is 88.9 Å². The summed E-state index contributed by atoms with van der Waals surface area (Å²) in [5.41, 5.74) is 1.49. The van der Waals surface area contributed by atoms with E-state index in [1.54, 1.807) is 31.2 Å². The molecule has 0 unspecified atom stereocenters. The zero-order chi connectivity index (χ0) is 61.1. The molecule has 1 saturated carbocycles. The molecule has 0 spiro atoms. The molecule has 4 fully saturated rings. The van der Waals surface area contributed by atoms with Gasteiger partial charge in [0.15, 0.2) is 11.6 Å². The highest BCUT2D eigenvalue weighted by molar-refractivity contribution is 6.39. The van der Waals surface area contributed by atoms with E-state index in [1.165, 1.54) is 26.0 Å². The third kappa shape index (κ3) is 20.4. The molecule has 4 N–H and O–H groups in total. The van der Waals surface area contributed by atoms with Crippen LogP contribution in [-0.4, -0.2) is 156 Å². The zero-order valence-corrected chi connectivity index (χ0v) is 49.6. The van der Waals surface area contributed by atoms with Gasteiger partial charge in [-0.25, -0.2) is 4.79 Å². The van der Waals surface area contributed by atoms with Crippen LogP contribution in [0.4, 0.5) is 0 Å². The fourth-order valence-electron chi connectivity index (χ4n) is 12.0. The van der Waals surface area contributed by atoms with E-state index in [-0.39, 0.29) is 128 Å². The summed E-state index contributed by atoms with van der Waals surface area (Å²) in [5.74, 6) is -11.9. The third-order valence-electron chi connectivity index (χ3n) is 17.1. The van der Waals surface area contributed by atoms with Crippen molar-refractivity contribution in [3.05, 3.63) is 71.8 Å². The smallest absolute Gasteiger partial charge is 0.329 e. The van der Waals surface area contributed by atoms with Crippen LogP contribution in [0.1, 0.15) is 155 Å². The first kappa shape index (κ1) is 68.9. The summed E-state index contributed by atoms with van der Waals surface area (Å²) in [6.07, 6.45) is 1.27. The summed E-state index contributed by atoms with van der Waals surface area (Å²) in [6.45, 7) is 6.67. The normalized spacial score (nSPS) is 29.3. The second-order valence-electron chi connectivity index (χ2n) is 23.7. The number of Topliss-reactive ketones (excluding diaryl/α,β-unsaturated/α-hetero) is 3. The molecule has 3 saturated heterocycles. The number of aliphatic hydroxyl groups is 1. The number of ether oxygens (including phenoxy) is 4. The Bertz CT molecular complexity index is 2640. The van der Waals surface area contributed by atoms with Crippen LogP contribution in [0.25, 0.3) is 0 Å². The number of piperidine rings is 1. The lowest BCUT2D eigenvalue weighted by atomic mass is 9.75. The second-order valence-corrected chi connectivity index (χ2v) is 23.7. The molecule has 2 aromatic carbocycles. The highest BCUT2D eigenvalue weighted by atomic mass is 16.6. The Morgan fingerprint density at radius 1 is 0.776 bits per heavy atom. The number of methoxy groups -OCH3 is 1. The molecule has 2 bridgehead atoms. The monoisotopic (exact) mass is 1190 g/mol. The Balaban J connectivity index is 0.0000132. The van der Waals surface area contributed by atoms with E-state index in [2.05, 4.69) is 20.7 Å². The Morgan fingerprint density at radius 2 is 1.45 bits per heavy atom. The van der Waals surface area contributed by atoms with Crippen LogP contribution < -0.4 is 16.0 Å². The molecule has 85 heavy (non-hydrogen) atoms. The summed E-state index contributed by atoms with van der Waals surface area (Å²) < 4.78 is 22.6. The van der Waals surface area contributed by atoms with Crippen molar-refractivity contribution in [3.63, 3.8) is 0 Å². The average Bonchev–Trinajstić information content (AvgIpc) is 2.19. The molecular formula is C64H91N5O16. The molecule has 0 radical (unpaired) electrons. The first-order valence-electron chi connectivity index (χ1n) is 30.0. The lowest BCUT2D eigenvalue weighted by Gasteiger charge is -2.42. The van der Waals surface area contributed by atoms with Gasteiger partial charge in [-0.3, -0.25) is 47.9 Å².